The maximum Gasteiger partial charge on any atom is 0.251 e. The number of amides is 1. The fraction of sp³-hybridized carbons (Fsp3) is 0.522. The van der Waals surface area contributed by atoms with E-state index in [0.29, 0.717) is 5.92 Å². The van der Waals surface area contributed by atoms with E-state index in [9.17, 15) is 4.79 Å². The zero-order valence-electron chi connectivity index (χ0n) is 16.4. The Morgan fingerprint density at radius 1 is 1.04 bits per heavy atom. The van der Waals surface area contributed by atoms with Gasteiger partial charge in [-0.3, -0.25) is 9.69 Å². The van der Waals surface area contributed by atoms with Crippen molar-refractivity contribution >= 4 is 16.7 Å². The van der Waals surface area contributed by atoms with E-state index in [1.165, 1.54) is 45.3 Å². The van der Waals surface area contributed by atoms with E-state index >= 15 is 0 Å². The lowest BCUT2D eigenvalue weighted by Gasteiger charge is -2.41. The van der Waals surface area contributed by atoms with Crippen molar-refractivity contribution < 1.29 is 4.79 Å². The van der Waals surface area contributed by atoms with Gasteiger partial charge in [0.2, 0.25) is 0 Å². The minimum absolute atomic E-state index is 0.0585. The number of piperidine rings is 2. The average Bonchev–Trinajstić information content (AvgIpc) is 2.72. The maximum absolute atomic E-state index is 12.8. The van der Waals surface area contributed by atoms with Crippen LogP contribution in [-0.2, 0) is 0 Å². The molecule has 0 spiro atoms. The highest BCUT2D eigenvalue weighted by molar-refractivity contribution is 6.06. The summed E-state index contributed by atoms with van der Waals surface area (Å²) in [4.78, 5) is 17.9. The number of fused-ring (bicyclic) bond motifs is 1. The molecule has 144 valence electrons. The highest BCUT2D eigenvalue weighted by Crippen LogP contribution is 2.24. The zero-order chi connectivity index (χ0) is 18.6. The smallest absolute Gasteiger partial charge is 0.251 e. The fourth-order valence-corrected chi connectivity index (χ4v) is 4.71. The van der Waals surface area contributed by atoms with E-state index in [4.69, 9.17) is 0 Å². The Morgan fingerprint density at radius 2 is 1.81 bits per heavy atom. The molecule has 2 aromatic rings. The molecule has 2 saturated heterocycles. The van der Waals surface area contributed by atoms with Gasteiger partial charge in [-0.05, 0) is 75.1 Å². The third-order valence-electron chi connectivity index (χ3n) is 6.34. The summed E-state index contributed by atoms with van der Waals surface area (Å²) in [6.45, 7) is 5.56. The van der Waals surface area contributed by atoms with Gasteiger partial charge in [0.25, 0.3) is 5.91 Å². The van der Waals surface area contributed by atoms with Crippen LogP contribution >= 0.6 is 0 Å². The summed E-state index contributed by atoms with van der Waals surface area (Å²) in [6.07, 6.45) is 5.04. The van der Waals surface area contributed by atoms with Crippen molar-refractivity contribution in [1.29, 1.82) is 0 Å². The summed E-state index contributed by atoms with van der Waals surface area (Å²) >= 11 is 0. The van der Waals surface area contributed by atoms with Crippen molar-refractivity contribution in [3.8, 4) is 0 Å². The minimum Gasteiger partial charge on any atom is -0.352 e. The lowest BCUT2D eigenvalue weighted by atomic mass is 9.93. The Hall–Kier alpha value is -1.91. The molecule has 2 fully saturated rings. The fourth-order valence-electron chi connectivity index (χ4n) is 4.71. The number of hydrogen-bond donors (Lipinski definition) is 1. The van der Waals surface area contributed by atoms with E-state index in [1.807, 2.05) is 30.3 Å². The predicted octanol–water partition coefficient (Wildman–Crippen LogP) is 3.38. The van der Waals surface area contributed by atoms with E-state index in [0.717, 1.165) is 35.5 Å². The molecule has 2 aromatic carbocycles. The molecule has 0 unspecified atom stereocenters. The molecule has 2 heterocycles. The second-order valence-electron chi connectivity index (χ2n) is 8.27. The van der Waals surface area contributed by atoms with Crippen LogP contribution in [0.2, 0.25) is 0 Å². The van der Waals surface area contributed by atoms with Gasteiger partial charge in [-0.15, -0.1) is 0 Å². The summed E-state index contributed by atoms with van der Waals surface area (Å²) < 4.78 is 0. The summed E-state index contributed by atoms with van der Waals surface area (Å²) in [6, 6.07) is 14.8. The average molecular weight is 366 g/mol. The van der Waals surface area contributed by atoms with Gasteiger partial charge >= 0.3 is 0 Å². The topological polar surface area (TPSA) is 35.6 Å². The van der Waals surface area contributed by atoms with E-state index < -0.39 is 0 Å². The standard InChI is InChI=1S/C23H31N3O/c1-25-14-11-20(12-15-25)26-13-5-6-18(17-26)16-24-23(27)22-10-4-8-19-7-2-3-9-21(19)22/h2-4,7-10,18,20H,5-6,11-17H2,1H3,(H,24,27)/t18-/m0/s1. The van der Waals surface area contributed by atoms with Crippen LogP contribution in [0.4, 0.5) is 0 Å². The SMILES string of the molecule is CN1CCC(N2CCC[C@@H](CNC(=O)c3cccc4ccccc34)C2)CC1. The molecule has 0 aromatic heterocycles. The van der Waals surface area contributed by atoms with Gasteiger partial charge in [0.05, 0.1) is 0 Å². The molecule has 1 atom stereocenters. The molecule has 0 radical (unpaired) electrons. The van der Waals surface area contributed by atoms with Crippen LogP contribution in [0.15, 0.2) is 42.5 Å². The quantitative estimate of drug-likeness (QED) is 0.902. The monoisotopic (exact) mass is 365 g/mol. The first kappa shape index (κ1) is 18.5. The van der Waals surface area contributed by atoms with Gasteiger partial charge in [-0.25, -0.2) is 0 Å². The first-order valence-electron chi connectivity index (χ1n) is 10.4. The number of benzene rings is 2. The molecule has 1 N–H and O–H groups in total. The van der Waals surface area contributed by atoms with E-state index in [1.54, 1.807) is 0 Å². The third-order valence-corrected chi connectivity index (χ3v) is 6.34. The Kier molecular flexibility index (Phi) is 5.74. The molecule has 1 amide bonds. The molecule has 0 aliphatic carbocycles. The van der Waals surface area contributed by atoms with Gasteiger partial charge in [0.15, 0.2) is 0 Å². The van der Waals surface area contributed by atoms with Crippen LogP contribution in [0.3, 0.4) is 0 Å². The number of nitrogens with one attached hydrogen (secondary N) is 1. The lowest BCUT2D eigenvalue weighted by molar-refractivity contribution is 0.0754. The lowest BCUT2D eigenvalue weighted by Crippen LogP contribution is -2.49. The number of nitrogens with zero attached hydrogens (tertiary/aromatic N) is 2. The largest absolute Gasteiger partial charge is 0.352 e. The molecule has 2 aliphatic rings. The van der Waals surface area contributed by atoms with Crippen LogP contribution in [0.5, 0.6) is 0 Å². The van der Waals surface area contributed by atoms with E-state index in [2.05, 4.69) is 34.3 Å². The van der Waals surface area contributed by atoms with Crippen molar-refractivity contribution in [2.45, 2.75) is 31.7 Å². The van der Waals surface area contributed by atoms with Gasteiger partial charge in [-0.2, -0.15) is 0 Å². The second-order valence-corrected chi connectivity index (χ2v) is 8.27. The number of rotatable bonds is 4. The van der Waals surface area contributed by atoms with Crippen LogP contribution in [0.1, 0.15) is 36.0 Å². The van der Waals surface area contributed by atoms with Gasteiger partial charge in [-0.1, -0.05) is 36.4 Å². The molecule has 4 rings (SSSR count). The Labute approximate surface area is 162 Å². The van der Waals surface area contributed by atoms with Gasteiger partial charge in [0.1, 0.15) is 0 Å². The number of likely N-dealkylation sites (tertiary alicyclic amines) is 2. The number of carbonyl (C=O) groups excluding carboxylic acids is 1. The maximum atomic E-state index is 12.8. The molecule has 2 aliphatic heterocycles. The minimum atomic E-state index is 0.0585. The summed E-state index contributed by atoms with van der Waals surface area (Å²) in [5.74, 6) is 0.626. The van der Waals surface area contributed by atoms with Crippen LogP contribution < -0.4 is 5.32 Å². The number of carbonyl (C=O) groups is 1. The summed E-state index contributed by atoms with van der Waals surface area (Å²) in [5, 5.41) is 5.38. The molecule has 27 heavy (non-hydrogen) atoms. The van der Waals surface area contributed by atoms with E-state index in [-0.39, 0.29) is 5.91 Å². The predicted molar refractivity (Wildman–Crippen MR) is 111 cm³/mol. The second kappa shape index (κ2) is 8.41. The Balaban J connectivity index is 1.34. The van der Waals surface area contributed by atoms with Crippen molar-refractivity contribution in [2.75, 3.05) is 39.8 Å². The van der Waals surface area contributed by atoms with Crippen molar-refractivity contribution in [3.63, 3.8) is 0 Å². The highest BCUT2D eigenvalue weighted by atomic mass is 16.1. The summed E-state index contributed by atoms with van der Waals surface area (Å²) in [7, 11) is 2.22. The van der Waals surface area contributed by atoms with Crippen molar-refractivity contribution in [3.05, 3.63) is 48.0 Å². The van der Waals surface area contributed by atoms with Crippen LogP contribution in [0, 0.1) is 5.92 Å². The first-order valence-corrected chi connectivity index (χ1v) is 10.4. The molecule has 0 saturated carbocycles. The van der Waals surface area contributed by atoms with Gasteiger partial charge in [0, 0.05) is 24.7 Å². The van der Waals surface area contributed by atoms with Gasteiger partial charge < -0.3 is 10.2 Å². The van der Waals surface area contributed by atoms with Crippen LogP contribution in [-0.4, -0.2) is 61.5 Å². The van der Waals surface area contributed by atoms with Crippen LogP contribution in [0.25, 0.3) is 10.8 Å². The zero-order valence-corrected chi connectivity index (χ0v) is 16.4. The molecular formula is C23H31N3O. The Morgan fingerprint density at radius 3 is 2.67 bits per heavy atom. The number of hydrogen-bond acceptors (Lipinski definition) is 3. The Bertz CT molecular complexity index is 777. The molecule has 0 bridgehead atoms. The molecule has 4 heteroatoms. The highest BCUT2D eigenvalue weighted by Gasteiger charge is 2.28. The summed E-state index contributed by atoms with van der Waals surface area (Å²) in [5.41, 5.74) is 0.788. The molecule has 4 nitrogen and oxygen atoms in total. The molecular weight excluding hydrogens is 334 g/mol. The first-order chi connectivity index (χ1) is 13.2. The van der Waals surface area contributed by atoms with Crippen molar-refractivity contribution in [1.82, 2.24) is 15.1 Å². The normalized spacial score (nSPS) is 22.8. The van der Waals surface area contributed by atoms with Crippen molar-refractivity contribution in [2.24, 2.45) is 5.92 Å². The third kappa shape index (κ3) is 4.33.